The molecule has 7 nitrogen and oxygen atoms in total. The molecule has 0 fully saturated rings. The normalized spacial score (nSPS) is 10.7. The fourth-order valence-corrected chi connectivity index (χ4v) is 2.50. The minimum Gasteiger partial charge on any atom is -0.508 e. The largest absolute Gasteiger partial charge is 0.508 e. The van der Waals surface area contributed by atoms with Gasteiger partial charge in [0.1, 0.15) is 17.3 Å². The predicted octanol–water partition coefficient (Wildman–Crippen LogP) is 1.63. The van der Waals surface area contributed by atoms with Crippen molar-refractivity contribution in [2.24, 2.45) is 0 Å². The molecule has 0 aliphatic rings. The van der Waals surface area contributed by atoms with Crippen LogP contribution >= 0.6 is 0 Å². The first-order chi connectivity index (χ1) is 11.5. The van der Waals surface area contributed by atoms with Gasteiger partial charge in [-0.25, -0.2) is 0 Å². The number of para-hydroxylation sites is 2. The highest BCUT2D eigenvalue weighted by molar-refractivity contribution is 5.46. The van der Waals surface area contributed by atoms with Gasteiger partial charge in [-0.15, -0.1) is 0 Å². The molecule has 0 saturated carbocycles. The summed E-state index contributed by atoms with van der Waals surface area (Å²) in [5.41, 5.74) is 13.2. The maximum Gasteiger partial charge on any atom is 0.225 e. The fraction of sp³-hybridized carbons (Fsp3) is 0.118. The first-order valence-electron chi connectivity index (χ1n) is 7.35. The van der Waals surface area contributed by atoms with Crippen LogP contribution in [0, 0.1) is 0 Å². The minimum absolute atomic E-state index is 0.0438. The molecule has 1 aromatic heterocycles. The van der Waals surface area contributed by atoms with Crippen LogP contribution in [0.2, 0.25) is 0 Å². The van der Waals surface area contributed by atoms with Crippen molar-refractivity contribution < 1.29 is 10.2 Å². The van der Waals surface area contributed by atoms with E-state index in [0.717, 1.165) is 5.56 Å². The summed E-state index contributed by atoms with van der Waals surface area (Å²) in [5, 5.41) is 20.4. The standard InChI is InChI=1S/C17H17N5O2/c18-16-20-14(21-17(19)22-16)9-12-6-3-5-11(15(12)24)8-10-4-1-2-7-13(10)23/h1-7,23-24H,8-9H2,(H4,18,19,20,21,22). The van der Waals surface area contributed by atoms with Crippen molar-refractivity contribution >= 4 is 11.9 Å². The third kappa shape index (κ3) is 3.35. The molecule has 0 aliphatic carbocycles. The molecule has 1 heterocycles. The summed E-state index contributed by atoms with van der Waals surface area (Å²) < 4.78 is 0. The van der Waals surface area contributed by atoms with Crippen molar-refractivity contribution in [3.8, 4) is 11.5 Å². The number of phenols is 2. The molecule has 6 N–H and O–H groups in total. The first kappa shape index (κ1) is 15.5. The summed E-state index contributed by atoms with van der Waals surface area (Å²) >= 11 is 0. The van der Waals surface area contributed by atoms with Gasteiger partial charge >= 0.3 is 0 Å². The highest BCUT2D eigenvalue weighted by atomic mass is 16.3. The summed E-state index contributed by atoms with van der Waals surface area (Å²) in [6, 6.07) is 12.4. The molecule has 0 atom stereocenters. The number of aromatic hydroxyl groups is 2. The van der Waals surface area contributed by atoms with Crippen LogP contribution in [0.4, 0.5) is 11.9 Å². The van der Waals surface area contributed by atoms with E-state index in [4.69, 9.17) is 11.5 Å². The number of nitrogens with two attached hydrogens (primary N) is 2. The molecule has 0 amide bonds. The maximum atomic E-state index is 10.5. The monoisotopic (exact) mass is 323 g/mol. The average Bonchev–Trinajstić information content (AvgIpc) is 2.52. The topological polar surface area (TPSA) is 131 Å². The van der Waals surface area contributed by atoms with Crippen LogP contribution in [0.25, 0.3) is 0 Å². The Kier molecular flexibility index (Phi) is 4.15. The Bertz CT molecular complexity index is 862. The van der Waals surface area contributed by atoms with Crippen LogP contribution in [-0.2, 0) is 12.8 Å². The Morgan fingerprint density at radius 3 is 1.96 bits per heavy atom. The van der Waals surface area contributed by atoms with Crippen molar-refractivity contribution in [2.75, 3.05) is 11.5 Å². The maximum absolute atomic E-state index is 10.5. The second kappa shape index (κ2) is 6.41. The highest BCUT2D eigenvalue weighted by Crippen LogP contribution is 2.28. The van der Waals surface area contributed by atoms with Crippen LogP contribution in [-0.4, -0.2) is 25.2 Å². The lowest BCUT2D eigenvalue weighted by Gasteiger charge is -2.11. The van der Waals surface area contributed by atoms with Crippen molar-refractivity contribution in [3.63, 3.8) is 0 Å². The van der Waals surface area contributed by atoms with E-state index in [2.05, 4.69) is 15.0 Å². The third-order valence-corrected chi connectivity index (χ3v) is 3.64. The van der Waals surface area contributed by atoms with Gasteiger partial charge in [0, 0.05) is 18.4 Å². The van der Waals surface area contributed by atoms with Crippen molar-refractivity contribution in [1.82, 2.24) is 15.0 Å². The number of hydrogen-bond acceptors (Lipinski definition) is 7. The van der Waals surface area contributed by atoms with E-state index in [-0.39, 0.29) is 29.8 Å². The van der Waals surface area contributed by atoms with E-state index < -0.39 is 0 Å². The van der Waals surface area contributed by atoms with Crippen LogP contribution < -0.4 is 11.5 Å². The molecule has 0 spiro atoms. The van der Waals surface area contributed by atoms with E-state index in [1.165, 1.54) is 0 Å². The molecule has 0 bridgehead atoms. The number of benzene rings is 2. The second-order valence-corrected chi connectivity index (χ2v) is 5.38. The lowest BCUT2D eigenvalue weighted by atomic mass is 9.99. The molecule has 0 saturated heterocycles. The zero-order chi connectivity index (χ0) is 17.1. The van der Waals surface area contributed by atoms with E-state index >= 15 is 0 Å². The summed E-state index contributed by atoms with van der Waals surface area (Å²) in [7, 11) is 0. The first-order valence-corrected chi connectivity index (χ1v) is 7.35. The van der Waals surface area contributed by atoms with Gasteiger partial charge in [0.2, 0.25) is 11.9 Å². The van der Waals surface area contributed by atoms with Gasteiger partial charge in [0.05, 0.1) is 0 Å². The van der Waals surface area contributed by atoms with Gasteiger partial charge in [-0.05, 0) is 17.2 Å². The zero-order valence-electron chi connectivity index (χ0n) is 12.8. The van der Waals surface area contributed by atoms with Crippen LogP contribution in [0.5, 0.6) is 11.5 Å². The smallest absolute Gasteiger partial charge is 0.225 e. The molecule has 7 heteroatoms. The molecular weight excluding hydrogens is 306 g/mol. The summed E-state index contributed by atoms with van der Waals surface area (Å²) in [6.45, 7) is 0. The number of nitrogen functional groups attached to an aromatic ring is 2. The summed E-state index contributed by atoms with van der Waals surface area (Å²) in [6.07, 6.45) is 0.686. The van der Waals surface area contributed by atoms with E-state index in [0.29, 0.717) is 23.4 Å². The molecule has 0 unspecified atom stereocenters. The molecule has 24 heavy (non-hydrogen) atoms. The average molecular weight is 323 g/mol. The Morgan fingerprint density at radius 2 is 1.29 bits per heavy atom. The van der Waals surface area contributed by atoms with Crippen LogP contribution in [0.15, 0.2) is 42.5 Å². The SMILES string of the molecule is Nc1nc(N)nc(Cc2cccc(Cc3ccccc3O)c2O)n1. The van der Waals surface area contributed by atoms with E-state index in [1.54, 1.807) is 24.3 Å². The number of rotatable bonds is 4. The van der Waals surface area contributed by atoms with Crippen molar-refractivity contribution in [1.29, 1.82) is 0 Å². The van der Waals surface area contributed by atoms with Gasteiger partial charge in [-0.1, -0.05) is 36.4 Å². The number of hydrogen-bond donors (Lipinski definition) is 4. The minimum atomic E-state index is 0.0438. The second-order valence-electron chi connectivity index (χ2n) is 5.38. The summed E-state index contributed by atoms with van der Waals surface area (Å²) in [4.78, 5) is 11.8. The van der Waals surface area contributed by atoms with Crippen molar-refractivity contribution in [2.45, 2.75) is 12.8 Å². The molecule has 3 aromatic rings. The lowest BCUT2D eigenvalue weighted by Crippen LogP contribution is -2.07. The Labute approximate surface area is 138 Å². The lowest BCUT2D eigenvalue weighted by molar-refractivity contribution is 0.459. The van der Waals surface area contributed by atoms with Gasteiger partial charge in [-0.3, -0.25) is 0 Å². The molecule has 122 valence electrons. The van der Waals surface area contributed by atoms with E-state index in [9.17, 15) is 10.2 Å². The number of phenolic OH excluding ortho intramolecular Hbond substituents is 2. The molecule has 0 aliphatic heterocycles. The number of aromatic nitrogens is 3. The van der Waals surface area contributed by atoms with Gasteiger partial charge in [0.25, 0.3) is 0 Å². The van der Waals surface area contributed by atoms with E-state index in [1.807, 2.05) is 18.2 Å². The molecule has 2 aromatic carbocycles. The van der Waals surface area contributed by atoms with Crippen LogP contribution in [0.1, 0.15) is 22.5 Å². The predicted molar refractivity (Wildman–Crippen MR) is 90.5 cm³/mol. The fourth-order valence-electron chi connectivity index (χ4n) is 2.50. The molecule has 0 radical (unpaired) electrons. The van der Waals surface area contributed by atoms with Crippen LogP contribution in [0.3, 0.4) is 0 Å². The van der Waals surface area contributed by atoms with Gasteiger partial charge in [0.15, 0.2) is 0 Å². The Hall–Kier alpha value is -3.35. The zero-order valence-corrected chi connectivity index (χ0v) is 12.8. The quantitative estimate of drug-likeness (QED) is 0.574. The molecular formula is C17H17N5O2. The third-order valence-electron chi connectivity index (χ3n) is 3.64. The van der Waals surface area contributed by atoms with Gasteiger partial charge < -0.3 is 21.7 Å². The van der Waals surface area contributed by atoms with Crippen molar-refractivity contribution in [3.05, 3.63) is 65.0 Å². The number of nitrogens with zero attached hydrogens (tertiary/aromatic N) is 3. The van der Waals surface area contributed by atoms with Gasteiger partial charge in [-0.2, -0.15) is 15.0 Å². The Balaban J connectivity index is 1.89. The molecule has 3 rings (SSSR count). The Morgan fingerprint density at radius 1 is 0.708 bits per heavy atom. The number of anilines is 2. The summed E-state index contributed by atoms with van der Waals surface area (Å²) in [5.74, 6) is 0.804. The highest BCUT2D eigenvalue weighted by Gasteiger charge is 2.12.